The van der Waals surface area contributed by atoms with Gasteiger partial charge in [0, 0.05) is 14.1 Å². The number of aromatic amines is 1. The van der Waals surface area contributed by atoms with Gasteiger partial charge < -0.3 is 10.6 Å². The van der Waals surface area contributed by atoms with Crippen LogP contribution in [0.5, 0.6) is 0 Å². The zero-order valence-electron chi connectivity index (χ0n) is 10.2. The van der Waals surface area contributed by atoms with E-state index in [1.54, 1.807) is 6.20 Å². The monoisotopic (exact) mass is 294 g/mol. The van der Waals surface area contributed by atoms with Gasteiger partial charge in [0.25, 0.3) is 0 Å². The summed E-state index contributed by atoms with van der Waals surface area (Å²) in [5.41, 5.74) is 6.28. The first-order valence-electron chi connectivity index (χ1n) is 5.29. The summed E-state index contributed by atoms with van der Waals surface area (Å²) in [7, 11) is 3.85. The van der Waals surface area contributed by atoms with Crippen molar-refractivity contribution in [3.63, 3.8) is 0 Å². The lowest BCUT2D eigenvalue weighted by Gasteiger charge is -2.03. The molecule has 0 aliphatic rings. The summed E-state index contributed by atoms with van der Waals surface area (Å²) in [6.45, 7) is 0. The van der Waals surface area contributed by atoms with Crippen LogP contribution in [0.25, 0.3) is 11.0 Å². The van der Waals surface area contributed by atoms with E-state index in [9.17, 15) is 0 Å². The van der Waals surface area contributed by atoms with Crippen molar-refractivity contribution in [3.05, 3.63) is 6.20 Å². The molecule has 0 aromatic carbocycles. The Kier molecular flexibility index (Phi) is 2.95. The van der Waals surface area contributed by atoms with Crippen molar-refractivity contribution in [2.45, 2.75) is 9.37 Å². The smallest absolute Gasteiger partial charge is 0.223 e. The van der Waals surface area contributed by atoms with Crippen LogP contribution >= 0.6 is 23.1 Å². The van der Waals surface area contributed by atoms with Gasteiger partial charge in [-0.25, -0.2) is 4.98 Å². The summed E-state index contributed by atoms with van der Waals surface area (Å²) < 4.78 is 0.796. The molecule has 3 aromatic rings. The van der Waals surface area contributed by atoms with Crippen molar-refractivity contribution in [2.75, 3.05) is 24.7 Å². The lowest BCUT2D eigenvalue weighted by Crippen LogP contribution is -2.07. The summed E-state index contributed by atoms with van der Waals surface area (Å²) in [5.74, 6) is 0.205. The molecule has 0 amide bonds. The number of nitrogens with one attached hydrogen (secondary N) is 1. The van der Waals surface area contributed by atoms with Gasteiger partial charge in [0.2, 0.25) is 11.1 Å². The first-order valence-corrected chi connectivity index (χ1v) is 6.92. The second kappa shape index (κ2) is 4.63. The van der Waals surface area contributed by atoms with Crippen molar-refractivity contribution in [1.82, 2.24) is 30.4 Å². The predicted molar refractivity (Wildman–Crippen MR) is 74.5 cm³/mol. The van der Waals surface area contributed by atoms with Crippen LogP contribution in [-0.4, -0.2) is 44.5 Å². The largest absolute Gasteiger partial charge is 0.368 e. The highest BCUT2D eigenvalue weighted by Gasteiger charge is 2.13. The molecule has 0 radical (unpaired) electrons. The molecule has 98 valence electrons. The van der Waals surface area contributed by atoms with Crippen LogP contribution in [0, 0.1) is 0 Å². The maximum absolute atomic E-state index is 5.67. The fourth-order valence-electron chi connectivity index (χ4n) is 1.41. The Morgan fingerprint density at radius 2 is 2.16 bits per heavy atom. The van der Waals surface area contributed by atoms with Crippen LogP contribution in [-0.2, 0) is 0 Å². The number of nitrogens with two attached hydrogens (primary N) is 1. The van der Waals surface area contributed by atoms with Crippen molar-refractivity contribution in [2.24, 2.45) is 0 Å². The molecule has 8 nitrogen and oxygen atoms in total. The first kappa shape index (κ1) is 12.1. The number of hydrogen-bond acceptors (Lipinski definition) is 9. The highest BCUT2D eigenvalue weighted by atomic mass is 32.2. The van der Waals surface area contributed by atoms with E-state index in [0.717, 1.165) is 19.9 Å². The molecule has 0 unspecified atom stereocenters. The number of nitrogen functional groups attached to an aromatic ring is 1. The third kappa shape index (κ3) is 2.31. The molecule has 0 atom stereocenters. The molecule has 19 heavy (non-hydrogen) atoms. The van der Waals surface area contributed by atoms with E-state index in [1.807, 2.05) is 19.0 Å². The van der Waals surface area contributed by atoms with E-state index < -0.39 is 0 Å². The SMILES string of the molecule is CN(C)c1nnc(Sc2nc(N)nc3[nH]ncc23)s1. The molecule has 0 aliphatic carbocycles. The van der Waals surface area contributed by atoms with Gasteiger partial charge in [-0.15, -0.1) is 10.2 Å². The van der Waals surface area contributed by atoms with Crippen LogP contribution in [0.2, 0.25) is 0 Å². The molecule has 0 aliphatic heterocycles. The molecule has 3 aromatic heterocycles. The minimum absolute atomic E-state index is 0.205. The Morgan fingerprint density at radius 1 is 1.32 bits per heavy atom. The Bertz CT molecular complexity index is 718. The topological polar surface area (TPSA) is 110 Å². The molecule has 3 heterocycles. The van der Waals surface area contributed by atoms with E-state index in [-0.39, 0.29) is 5.95 Å². The number of anilines is 2. The van der Waals surface area contributed by atoms with Gasteiger partial charge in [0.15, 0.2) is 9.99 Å². The van der Waals surface area contributed by atoms with E-state index >= 15 is 0 Å². The normalized spacial score (nSPS) is 11.1. The number of nitrogens with zero attached hydrogens (tertiary/aromatic N) is 6. The number of H-pyrrole nitrogens is 1. The molecule has 3 N–H and O–H groups in total. The fraction of sp³-hybridized carbons (Fsp3) is 0.222. The molecule has 10 heteroatoms. The van der Waals surface area contributed by atoms with Gasteiger partial charge in [-0.05, 0) is 11.8 Å². The zero-order chi connectivity index (χ0) is 13.4. The molecule has 0 fully saturated rings. The number of fused-ring (bicyclic) bond motifs is 1. The number of hydrogen-bond donors (Lipinski definition) is 2. The summed E-state index contributed by atoms with van der Waals surface area (Å²) in [6, 6.07) is 0. The van der Waals surface area contributed by atoms with Crippen LogP contribution in [0.15, 0.2) is 15.6 Å². The van der Waals surface area contributed by atoms with Crippen LogP contribution in [0.1, 0.15) is 0 Å². The van der Waals surface area contributed by atoms with E-state index in [1.165, 1.54) is 23.1 Å². The minimum Gasteiger partial charge on any atom is -0.368 e. The highest BCUT2D eigenvalue weighted by molar-refractivity contribution is 8.01. The third-order valence-electron chi connectivity index (χ3n) is 2.25. The van der Waals surface area contributed by atoms with Gasteiger partial charge in [0.05, 0.1) is 11.6 Å². The molecule has 0 saturated heterocycles. The summed E-state index contributed by atoms with van der Waals surface area (Å²) >= 11 is 2.89. The summed E-state index contributed by atoms with van der Waals surface area (Å²) in [6.07, 6.45) is 1.67. The van der Waals surface area contributed by atoms with Gasteiger partial charge in [-0.2, -0.15) is 10.1 Å². The predicted octanol–water partition coefficient (Wildman–Crippen LogP) is 1.00. The third-order valence-corrected chi connectivity index (χ3v) is 4.40. The average molecular weight is 294 g/mol. The first-order chi connectivity index (χ1) is 9.13. The van der Waals surface area contributed by atoms with Crippen LogP contribution in [0.4, 0.5) is 11.1 Å². The second-order valence-electron chi connectivity index (χ2n) is 3.87. The Hall–Kier alpha value is -1.94. The Morgan fingerprint density at radius 3 is 2.89 bits per heavy atom. The molecular formula is C9H10N8S2. The van der Waals surface area contributed by atoms with Gasteiger partial charge in [-0.1, -0.05) is 11.3 Å². The summed E-state index contributed by atoms with van der Waals surface area (Å²) in [5, 5.41) is 17.3. The van der Waals surface area contributed by atoms with Crippen LogP contribution < -0.4 is 10.6 Å². The maximum Gasteiger partial charge on any atom is 0.223 e. The fourth-order valence-corrected chi connectivity index (χ4v) is 3.18. The lowest BCUT2D eigenvalue weighted by molar-refractivity contribution is 0.971. The van der Waals surface area contributed by atoms with Crippen molar-refractivity contribution >= 4 is 45.2 Å². The molecule has 0 bridgehead atoms. The van der Waals surface area contributed by atoms with Crippen molar-refractivity contribution in [1.29, 1.82) is 0 Å². The molecule has 3 rings (SSSR count). The van der Waals surface area contributed by atoms with Gasteiger partial charge in [-0.3, -0.25) is 5.10 Å². The number of rotatable bonds is 3. The molecule has 0 saturated carbocycles. The van der Waals surface area contributed by atoms with Crippen molar-refractivity contribution in [3.8, 4) is 0 Å². The van der Waals surface area contributed by atoms with E-state index in [0.29, 0.717) is 5.65 Å². The Labute approximate surface area is 116 Å². The standard InChI is InChI=1S/C9H10N8S2/c1-17(2)8-15-16-9(19-8)18-6-4-3-11-14-5(4)12-7(10)13-6/h3H,1-2H3,(H3,10,11,12,13,14). The number of aromatic nitrogens is 6. The molecule has 0 spiro atoms. The van der Waals surface area contributed by atoms with Gasteiger partial charge in [0.1, 0.15) is 5.03 Å². The maximum atomic E-state index is 5.67. The van der Waals surface area contributed by atoms with Crippen LogP contribution in [0.3, 0.4) is 0 Å². The second-order valence-corrected chi connectivity index (χ2v) is 6.06. The van der Waals surface area contributed by atoms with E-state index in [4.69, 9.17) is 5.73 Å². The average Bonchev–Trinajstić information content (AvgIpc) is 2.96. The van der Waals surface area contributed by atoms with Gasteiger partial charge >= 0.3 is 0 Å². The Balaban J connectivity index is 1.97. The molecular weight excluding hydrogens is 284 g/mol. The van der Waals surface area contributed by atoms with E-state index in [2.05, 4.69) is 30.4 Å². The lowest BCUT2D eigenvalue weighted by atomic mass is 10.4. The quantitative estimate of drug-likeness (QED) is 0.689. The summed E-state index contributed by atoms with van der Waals surface area (Å²) in [4.78, 5) is 10.2. The minimum atomic E-state index is 0.205. The highest BCUT2D eigenvalue weighted by Crippen LogP contribution is 2.34. The zero-order valence-corrected chi connectivity index (χ0v) is 11.8. The van der Waals surface area contributed by atoms with Crippen molar-refractivity contribution < 1.29 is 0 Å².